The standard InChI is InChI=1S/C21H29ClO3/c1-20-8-6-15-13(14(20)3-4-16(20)19(25)11-23)10-18(22)17-9-12(24)5-7-21(15,17)2/h9,13-16,18,23H,3-8,10-11H2,1-2H3/t13-,14-,15-,16+,18-,20-,21+/m0/s1. The zero-order valence-electron chi connectivity index (χ0n) is 15.3. The van der Waals surface area contributed by atoms with E-state index in [-0.39, 0.29) is 40.3 Å². The summed E-state index contributed by atoms with van der Waals surface area (Å²) in [6, 6.07) is 0. The Morgan fingerprint density at radius 2 is 2.00 bits per heavy atom. The Morgan fingerprint density at radius 1 is 1.24 bits per heavy atom. The van der Waals surface area contributed by atoms with E-state index in [9.17, 15) is 14.7 Å². The summed E-state index contributed by atoms with van der Waals surface area (Å²) in [6.45, 7) is 4.28. The zero-order valence-corrected chi connectivity index (χ0v) is 16.0. The average molecular weight is 365 g/mol. The van der Waals surface area contributed by atoms with Crippen LogP contribution in [0.25, 0.3) is 0 Å². The van der Waals surface area contributed by atoms with E-state index in [0.29, 0.717) is 24.2 Å². The Kier molecular flexibility index (Phi) is 4.20. The minimum absolute atomic E-state index is 0.00917. The zero-order chi connectivity index (χ0) is 18.0. The van der Waals surface area contributed by atoms with E-state index >= 15 is 0 Å². The van der Waals surface area contributed by atoms with Crippen molar-refractivity contribution in [2.75, 3.05) is 6.61 Å². The Morgan fingerprint density at radius 3 is 2.72 bits per heavy atom. The van der Waals surface area contributed by atoms with Gasteiger partial charge in [0.2, 0.25) is 0 Å². The van der Waals surface area contributed by atoms with Crippen molar-refractivity contribution in [3.63, 3.8) is 0 Å². The number of Topliss-reactive ketones (excluding diaryl/α,β-unsaturated/α-hetero) is 1. The highest BCUT2D eigenvalue weighted by atomic mass is 35.5. The van der Waals surface area contributed by atoms with Gasteiger partial charge in [0.25, 0.3) is 0 Å². The molecule has 0 aromatic carbocycles. The molecule has 3 fully saturated rings. The molecule has 0 spiro atoms. The van der Waals surface area contributed by atoms with Gasteiger partial charge in [0.1, 0.15) is 6.61 Å². The lowest BCUT2D eigenvalue weighted by molar-refractivity contribution is -0.133. The number of carbonyl (C=O) groups is 2. The third-order valence-electron chi connectivity index (χ3n) is 8.48. The van der Waals surface area contributed by atoms with Crippen molar-refractivity contribution < 1.29 is 14.7 Å². The van der Waals surface area contributed by atoms with Crippen LogP contribution in [-0.2, 0) is 9.59 Å². The number of carbonyl (C=O) groups excluding carboxylic acids is 2. The molecule has 0 unspecified atom stereocenters. The highest BCUT2D eigenvalue weighted by molar-refractivity contribution is 6.23. The van der Waals surface area contributed by atoms with E-state index in [1.807, 2.05) is 6.08 Å². The molecule has 0 aromatic heterocycles. The van der Waals surface area contributed by atoms with Crippen molar-refractivity contribution in [3.8, 4) is 0 Å². The predicted octanol–water partition coefficient (Wildman–Crippen LogP) is 3.91. The van der Waals surface area contributed by atoms with E-state index in [2.05, 4.69) is 13.8 Å². The van der Waals surface area contributed by atoms with Crippen molar-refractivity contribution >= 4 is 23.2 Å². The number of halogens is 1. The van der Waals surface area contributed by atoms with Gasteiger partial charge in [0.05, 0.1) is 5.38 Å². The van der Waals surface area contributed by atoms with Gasteiger partial charge in [-0.1, -0.05) is 13.8 Å². The van der Waals surface area contributed by atoms with Crippen LogP contribution in [0, 0.1) is 34.5 Å². The minimum Gasteiger partial charge on any atom is -0.389 e. The van der Waals surface area contributed by atoms with Crippen molar-refractivity contribution in [2.24, 2.45) is 34.5 Å². The van der Waals surface area contributed by atoms with Crippen LogP contribution in [0.1, 0.15) is 58.8 Å². The Bertz CT molecular complexity index is 641. The number of fused-ring (bicyclic) bond motifs is 5. The Labute approximate surface area is 155 Å². The molecule has 0 aromatic rings. The van der Waals surface area contributed by atoms with Crippen LogP contribution in [0.3, 0.4) is 0 Å². The average Bonchev–Trinajstić information content (AvgIpc) is 2.93. The summed E-state index contributed by atoms with van der Waals surface area (Å²) in [6.07, 6.45) is 8.49. The maximum Gasteiger partial charge on any atom is 0.161 e. The molecule has 7 atom stereocenters. The molecule has 0 amide bonds. The number of aliphatic hydroxyl groups excluding tert-OH is 1. The molecule has 0 saturated heterocycles. The number of aliphatic hydroxyl groups is 1. The smallest absolute Gasteiger partial charge is 0.161 e. The molecule has 3 nitrogen and oxygen atoms in total. The maximum absolute atomic E-state index is 12.3. The number of hydrogen-bond acceptors (Lipinski definition) is 3. The summed E-state index contributed by atoms with van der Waals surface area (Å²) < 4.78 is 0. The minimum atomic E-state index is -0.327. The molecule has 0 radical (unpaired) electrons. The largest absolute Gasteiger partial charge is 0.389 e. The quantitative estimate of drug-likeness (QED) is 0.756. The van der Waals surface area contributed by atoms with Gasteiger partial charge < -0.3 is 5.11 Å². The van der Waals surface area contributed by atoms with Crippen molar-refractivity contribution in [1.82, 2.24) is 0 Å². The second-order valence-electron chi connectivity index (χ2n) is 9.36. The van der Waals surface area contributed by atoms with Gasteiger partial charge in [-0.25, -0.2) is 0 Å². The molecule has 0 bridgehead atoms. The fourth-order valence-electron chi connectivity index (χ4n) is 7.20. The number of rotatable bonds is 2. The SMILES string of the molecule is C[C@]12CC[C@H]3[C@@H](C[C@H](Cl)C4=CC(=O)CC[C@@]43C)[C@@H]1CC[C@@H]2C(=O)CO. The molecule has 4 aliphatic carbocycles. The Balaban J connectivity index is 1.68. The highest BCUT2D eigenvalue weighted by Gasteiger charge is 2.61. The molecule has 3 saturated carbocycles. The van der Waals surface area contributed by atoms with E-state index in [4.69, 9.17) is 11.6 Å². The first kappa shape index (κ1) is 17.7. The van der Waals surface area contributed by atoms with Crippen LogP contribution < -0.4 is 0 Å². The highest BCUT2D eigenvalue weighted by Crippen LogP contribution is 2.67. The summed E-state index contributed by atoms with van der Waals surface area (Å²) >= 11 is 6.80. The first-order valence-electron chi connectivity index (χ1n) is 9.84. The summed E-state index contributed by atoms with van der Waals surface area (Å²) in [7, 11) is 0. The van der Waals surface area contributed by atoms with E-state index in [1.54, 1.807) is 0 Å². The third-order valence-corrected chi connectivity index (χ3v) is 8.90. The van der Waals surface area contributed by atoms with Crippen molar-refractivity contribution in [2.45, 2.75) is 64.2 Å². The fraction of sp³-hybridized carbons (Fsp3) is 0.810. The topological polar surface area (TPSA) is 54.4 Å². The van der Waals surface area contributed by atoms with Gasteiger partial charge in [-0.05, 0) is 78.8 Å². The second-order valence-corrected chi connectivity index (χ2v) is 9.89. The van der Waals surface area contributed by atoms with Crippen LogP contribution in [0.2, 0.25) is 0 Å². The molecular formula is C21H29ClO3. The molecule has 138 valence electrons. The number of allylic oxidation sites excluding steroid dienone is 1. The predicted molar refractivity (Wildman–Crippen MR) is 97.3 cm³/mol. The lowest BCUT2D eigenvalue weighted by Crippen LogP contribution is -2.53. The number of alkyl halides is 1. The molecule has 25 heavy (non-hydrogen) atoms. The second kappa shape index (κ2) is 5.92. The van der Waals surface area contributed by atoms with E-state index in [0.717, 1.165) is 38.5 Å². The van der Waals surface area contributed by atoms with Gasteiger partial charge in [-0.15, -0.1) is 11.6 Å². The first-order valence-corrected chi connectivity index (χ1v) is 10.3. The van der Waals surface area contributed by atoms with E-state index < -0.39 is 0 Å². The summed E-state index contributed by atoms with van der Waals surface area (Å²) in [5.41, 5.74) is 1.24. The van der Waals surface area contributed by atoms with Crippen LogP contribution in [-0.4, -0.2) is 28.7 Å². The Hall–Kier alpha value is -0.670. The third kappa shape index (κ3) is 2.41. The van der Waals surface area contributed by atoms with Crippen LogP contribution in [0.15, 0.2) is 11.6 Å². The van der Waals surface area contributed by atoms with Crippen molar-refractivity contribution in [3.05, 3.63) is 11.6 Å². The molecule has 4 rings (SSSR count). The van der Waals surface area contributed by atoms with Crippen molar-refractivity contribution in [1.29, 1.82) is 0 Å². The lowest BCUT2D eigenvalue weighted by Gasteiger charge is -2.59. The normalized spacial score (nSPS) is 49.0. The van der Waals surface area contributed by atoms with Gasteiger partial charge >= 0.3 is 0 Å². The fourth-order valence-corrected chi connectivity index (χ4v) is 7.72. The molecule has 0 aliphatic heterocycles. The molecule has 4 heteroatoms. The monoisotopic (exact) mass is 364 g/mol. The maximum atomic E-state index is 12.3. The molecule has 1 N–H and O–H groups in total. The van der Waals surface area contributed by atoms with Gasteiger partial charge in [-0.2, -0.15) is 0 Å². The number of hydrogen-bond donors (Lipinski definition) is 1. The molecule has 4 aliphatic rings. The molecular weight excluding hydrogens is 336 g/mol. The van der Waals surface area contributed by atoms with Gasteiger partial charge in [0, 0.05) is 12.3 Å². The van der Waals surface area contributed by atoms with Gasteiger partial charge in [-0.3, -0.25) is 9.59 Å². The lowest BCUT2D eigenvalue weighted by atomic mass is 9.46. The molecule has 0 heterocycles. The van der Waals surface area contributed by atoms with Gasteiger partial charge in [0.15, 0.2) is 11.6 Å². The van der Waals surface area contributed by atoms with E-state index in [1.165, 1.54) is 5.57 Å². The van der Waals surface area contributed by atoms with Crippen LogP contribution in [0.5, 0.6) is 0 Å². The summed E-state index contributed by atoms with van der Waals surface area (Å²) in [4.78, 5) is 24.3. The summed E-state index contributed by atoms with van der Waals surface area (Å²) in [5, 5.41) is 9.33. The first-order chi connectivity index (χ1) is 11.8. The van der Waals surface area contributed by atoms with Crippen LogP contribution in [0.4, 0.5) is 0 Å². The van der Waals surface area contributed by atoms with Crippen LogP contribution >= 0.6 is 11.6 Å². The summed E-state index contributed by atoms with van der Waals surface area (Å²) in [5.74, 6) is 1.89. The number of ketones is 2.